The van der Waals surface area contributed by atoms with E-state index in [2.05, 4.69) is 36.6 Å². The van der Waals surface area contributed by atoms with Crippen molar-refractivity contribution in [3.63, 3.8) is 0 Å². The molecule has 2 rings (SSSR count). The Morgan fingerprint density at radius 2 is 1.61 bits per heavy atom. The highest BCUT2D eigenvalue weighted by Crippen LogP contribution is 2.22. The Kier molecular flexibility index (Phi) is 6.93. The van der Waals surface area contributed by atoms with E-state index in [9.17, 15) is 9.59 Å². The van der Waals surface area contributed by atoms with Crippen molar-refractivity contribution in [3.8, 4) is 5.75 Å². The number of benzene rings is 2. The first-order valence-electron chi connectivity index (χ1n) is 9.07. The van der Waals surface area contributed by atoms with Gasteiger partial charge in [-0.2, -0.15) is 5.10 Å². The lowest BCUT2D eigenvalue weighted by atomic mass is 9.87. The molecular formula is C22H27N3O3. The van der Waals surface area contributed by atoms with Gasteiger partial charge in [-0.3, -0.25) is 9.59 Å². The number of carbonyl (C=O) groups is 2. The van der Waals surface area contributed by atoms with Gasteiger partial charge in [0.05, 0.1) is 13.5 Å². The van der Waals surface area contributed by atoms with E-state index in [0.717, 1.165) is 5.56 Å². The monoisotopic (exact) mass is 381 g/mol. The second kappa shape index (κ2) is 9.17. The predicted molar refractivity (Wildman–Crippen MR) is 112 cm³/mol. The van der Waals surface area contributed by atoms with Crippen LogP contribution in [-0.2, 0) is 10.2 Å². The highest BCUT2D eigenvalue weighted by molar-refractivity contribution is 6.06. The molecule has 6 heteroatoms. The molecule has 0 saturated carbocycles. The van der Waals surface area contributed by atoms with Crippen LogP contribution in [0.15, 0.2) is 53.6 Å². The molecule has 0 radical (unpaired) electrons. The summed E-state index contributed by atoms with van der Waals surface area (Å²) in [6, 6.07) is 14.5. The summed E-state index contributed by atoms with van der Waals surface area (Å²) in [5, 5.41) is 6.79. The minimum Gasteiger partial charge on any atom is -0.497 e. The lowest BCUT2D eigenvalue weighted by Gasteiger charge is -2.18. The third kappa shape index (κ3) is 6.23. The molecule has 2 amide bonds. The summed E-state index contributed by atoms with van der Waals surface area (Å²) in [6.07, 6.45) is 0.0786. The number of nitrogens with zero attached hydrogens (tertiary/aromatic N) is 1. The van der Waals surface area contributed by atoms with E-state index < -0.39 is 0 Å². The third-order valence-electron chi connectivity index (χ3n) is 4.15. The Bertz CT molecular complexity index is 848. The number of amides is 2. The van der Waals surface area contributed by atoms with Gasteiger partial charge < -0.3 is 10.1 Å². The number of anilines is 1. The van der Waals surface area contributed by atoms with Gasteiger partial charge in [-0.05, 0) is 54.3 Å². The van der Waals surface area contributed by atoms with E-state index in [-0.39, 0.29) is 23.7 Å². The number of ether oxygens (including phenoxy) is 1. The van der Waals surface area contributed by atoms with Crippen LogP contribution in [0.3, 0.4) is 0 Å². The lowest BCUT2D eigenvalue weighted by Crippen LogP contribution is -2.21. The van der Waals surface area contributed by atoms with Crippen molar-refractivity contribution < 1.29 is 14.3 Å². The predicted octanol–water partition coefficient (Wildman–Crippen LogP) is 4.13. The van der Waals surface area contributed by atoms with Crippen LogP contribution in [0.5, 0.6) is 5.75 Å². The van der Waals surface area contributed by atoms with E-state index in [0.29, 0.717) is 22.7 Å². The second-order valence-electron chi connectivity index (χ2n) is 7.57. The lowest BCUT2D eigenvalue weighted by molar-refractivity contribution is -0.115. The van der Waals surface area contributed by atoms with E-state index in [1.165, 1.54) is 0 Å². The molecule has 0 aliphatic rings. The van der Waals surface area contributed by atoms with E-state index >= 15 is 0 Å². The first kappa shape index (κ1) is 21.2. The summed E-state index contributed by atoms with van der Waals surface area (Å²) in [5.41, 5.74) is 5.37. The van der Waals surface area contributed by atoms with Crippen molar-refractivity contribution >= 4 is 23.2 Å². The van der Waals surface area contributed by atoms with Crippen molar-refractivity contribution in [2.75, 3.05) is 12.4 Å². The molecule has 28 heavy (non-hydrogen) atoms. The summed E-state index contributed by atoms with van der Waals surface area (Å²) >= 11 is 0. The van der Waals surface area contributed by atoms with Crippen molar-refractivity contribution in [2.24, 2.45) is 5.10 Å². The molecule has 0 saturated heterocycles. The molecule has 0 heterocycles. The molecule has 6 nitrogen and oxygen atoms in total. The van der Waals surface area contributed by atoms with Gasteiger partial charge in [0.2, 0.25) is 5.91 Å². The van der Waals surface area contributed by atoms with Gasteiger partial charge in [-0.1, -0.05) is 32.9 Å². The molecule has 0 spiro atoms. The molecule has 0 unspecified atom stereocenters. The number of hydrogen-bond donors (Lipinski definition) is 2. The Morgan fingerprint density at radius 1 is 1.00 bits per heavy atom. The molecule has 0 aliphatic carbocycles. The molecule has 0 fully saturated rings. The largest absolute Gasteiger partial charge is 0.497 e. The summed E-state index contributed by atoms with van der Waals surface area (Å²) < 4.78 is 5.08. The van der Waals surface area contributed by atoms with Crippen LogP contribution in [0.2, 0.25) is 0 Å². The number of carbonyl (C=O) groups excluding carboxylic acids is 2. The molecule has 2 N–H and O–H groups in total. The van der Waals surface area contributed by atoms with Crippen molar-refractivity contribution in [1.82, 2.24) is 5.43 Å². The maximum Gasteiger partial charge on any atom is 0.271 e. The van der Waals surface area contributed by atoms with Crippen molar-refractivity contribution in [3.05, 3.63) is 59.7 Å². The number of hydrazone groups is 1. The van der Waals surface area contributed by atoms with Crippen molar-refractivity contribution in [2.45, 2.75) is 39.5 Å². The summed E-state index contributed by atoms with van der Waals surface area (Å²) in [5.74, 6) is 0.194. The topological polar surface area (TPSA) is 79.8 Å². The van der Waals surface area contributed by atoms with Crippen LogP contribution in [-0.4, -0.2) is 24.6 Å². The van der Waals surface area contributed by atoms with Gasteiger partial charge >= 0.3 is 0 Å². The van der Waals surface area contributed by atoms with E-state index in [1.54, 1.807) is 50.4 Å². The second-order valence-corrected chi connectivity index (χ2v) is 7.57. The van der Waals surface area contributed by atoms with Crippen LogP contribution in [0.4, 0.5) is 5.69 Å². The molecule has 0 aromatic heterocycles. The third-order valence-corrected chi connectivity index (χ3v) is 4.15. The van der Waals surface area contributed by atoms with Gasteiger partial charge in [0.25, 0.3) is 5.91 Å². The van der Waals surface area contributed by atoms with E-state index in [1.807, 2.05) is 12.1 Å². The molecule has 0 atom stereocenters. The van der Waals surface area contributed by atoms with Gasteiger partial charge in [-0.25, -0.2) is 5.43 Å². The van der Waals surface area contributed by atoms with Crippen LogP contribution >= 0.6 is 0 Å². The average Bonchev–Trinajstić information content (AvgIpc) is 2.66. The Balaban J connectivity index is 1.88. The fourth-order valence-electron chi connectivity index (χ4n) is 2.48. The smallest absolute Gasteiger partial charge is 0.271 e. The fraction of sp³-hybridized carbons (Fsp3) is 0.318. The Morgan fingerprint density at radius 3 is 2.14 bits per heavy atom. The number of hydrogen-bond acceptors (Lipinski definition) is 4. The zero-order chi connectivity index (χ0) is 20.7. The Hall–Kier alpha value is -3.15. The maximum atomic E-state index is 12.2. The highest BCUT2D eigenvalue weighted by atomic mass is 16.5. The minimum atomic E-state index is -0.310. The van der Waals surface area contributed by atoms with Gasteiger partial charge in [0.15, 0.2) is 0 Å². The first-order chi connectivity index (χ1) is 13.2. The minimum absolute atomic E-state index is 0.0288. The standard InChI is InChI=1S/C22H27N3O3/c1-15(14-20(26)23-18-10-12-19(28-5)13-11-18)24-25-21(27)16-6-8-17(9-7-16)22(2,3)4/h6-13H,14H2,1-5H3,(H,23,26)(H,25,27). The zero-order valence-corrected chi connectivity index (χ0v) is 17.0. The van der Waals surface area contributed by atoms with Gasteiger partial charge in [0, 0.05) is 17.0 Å². The molecular weight excluding hydrogens is 354 g/mol. The van der Waals surface area contributed by atoms with Crippen LogP contribution in [0.1, 0.15) is 50.0 Å². The number of nitrogens with one attached hydrogen (secondary N) is 2. The highest BCUT2D eigenvalue weighted by Gasteiger charge is 2.14. The zero-order valence-electron chi connectivity index (χ0n) is 17.0. The fourth-order valence-corrected chi connectivity index (χ4v) is 2.48. The normalized spacial score (nSPS) is 11.7. The van der Waals surface area contributed by atoms with Crippen molar-refractivity contribution in [1.29, 1.82) is 0 Å². The quantitative estimate of drug-likeness (QED) is 0.583. The first-order valence-corrected chi connectivity index (χ1v) is 9.07. The summed E-state index contributed by atoms with van der Waals surface area (Å²) in [6.45, 7) is 8.04. The molecule has 148 valence electrons. The molecule has 2 aromatic rings. The number of methoxy groups -OCH3 is 1. The summed E-state index contributed by atoms with van der Waals surface area (Å²) in [7, 11) is 1.58. The Labute approximate surface area is 166 Å². The molecule has 0 bridgehead atoms. The van der Waals surface area contributed by atoms with Crippen LogP contribution in [0.25, 0.3) is 0 Å². The van der Waals surface area contributed by atoms with Crippen LogP contribution < -0.4 is 15.5 Å². The van der Waals surface area contributed by atoms with Gasteiger partial charge in [-0.15, -0.1) is 0 Å². The maximum absolute atomic E-state index is 12.2. The molecule has 2 aromatic carbocycles. The van der Waals surface area contributed by atoms with E-state index in [4.69, 9.17) is 4.74 Å². The number of rotatable bonds is 6. The summed E-state index contributed by atoms with van der Waals surface area (Å²) in [4.78, 5) is 24.3. The SMILES string of the molecule is COc1ccc(NC(=O)CC(C)=NNC(=O)c2ccc(C(C)(C)C)cc2)cc1. The average molecular weight is 381 g/mol. The van der Waals surface area contributed by atoms with Gasteiger partial charge in [0.1, 0.15) is 5.75 Å². The molecule has 0 aliphatic heterocycles. The van der Waals surface area contributed by atoms with Crippen LogP contribution in [0, 0.1) is 0 Å².